The number of hydrogen-bond acceptors (Lipinski definition) is 3. The van der Waals surface area contributed by atoms with Gasteiger partial charge < -0.3 is 9.64 Å². The number of alkyl halides is 1. The van der Waals surface area contributed by atoms with Crippen LogP contribution in [0.4, 0.5) is 0 Å². The van der Waals surface area contributed by atoms with Crippen LogP contribution in [0.5, 0.6) is 0 Å². The normalized spacial score (nSPS) is 38.6. The third-order valence-corrected chi connectivity index (χ3v) is 4.38. The molecule has 0 N–H and O–H groups in total. The van der Waals surface area contributed by atoms with Crippen molar-refractivity contribution in [1.82, 2.24) is 4.90 Å². The number of hydrogen-bond donors (Lipinski definition) is 0. The topological polar surface area (TPSA) is 46.6 Å². The zero-order valence-electron chi connectivity index (χ0n) is 8.77. The summed E-state index contributed by atoms with van der Waals surface area (Å²) in [6.45, 7) is 4.04. The number of halogens is 1. The third-order valence-electron chi connectivity index (χ3n) is 3.20. The molecule has 2 rings (SSSR count). The molecule has 1 aliphatic carbocycles. The van der Waals surface area contributed by atoms with Crippen molar-refractivity contribution >= 4 is 27.8 Å². The van der Waals surface area contributed by atoms with Gasteiger partial charge in [0.1, 0.15) is 6.10 Å². The molecule has 15 heavy (non-hydrogen) atoms. The lowest BCUT2D eigenvalue weighted by molar-refractivity contribution is -0.154. The maximum absolute atomic E-state index is 11.8. The van der Waals surface area contributed by atoms with Crippen LogP contribution in [-0.2, 0) is 14.3 Å². The Bertz CT molecular complexity index is 307. The lowest BCUT2D eigenvalue weighted by Crippen LogP contribution is -2.46. The molecule has 0 aromatic heterocycles. The molecule has 0 aromatic carbocycles. The third kappa shape index (κ3) is 1.57. The van der Waals surface area contributed by atoms with Crippen molar-refractivity contribution in [2.45, 2.75) is 37.2 Å². The SMILES string of the molecule is CCN1C(=O)C2CC(OC(C)=O)C1C2Br. The number of amides is 1. The van der Waals surface area contributed by atoms with Crippen LogP contribution in [0.25, 0.3) is 0 Å². The van der Waals surface area contributed by atoms with E-state index in [-0.39, 0.29) is 34.8 Å². The highest BCUT2D eigenvalue weighted by molar-refractivity contribution is 9.09. The Kier molecular flexibility index (Phi) is 2.75. The molecule has 0 spiro atoms. The number of likely N-dealkylation sites (tertiary alicyclic amines) is 1. The van der Waals surface area contributed by atoms with E-state index in [1.54, 1.807) is 4.90 Å². The monoisotopic (exact) mass is 275 g/mol. The summed E-state index contributed by atoms with van der Waals surface area (Å²) in [5.74, 6) is -0.0946. The average Bonchev–Trinajstić information content (AvgIpc) is 2.56. The zero-order valence-corrected chi connectivity index (χ0v) is 10.4. The molecule has 4 unspecified atom stereocenters. The van der Waals surface area contributed by atoms with Crippen LogP contribution in [0.15, 0.2) is 0 Å². The molecule has 2 aliphatic rings. The predicted octanol–water partition coefficient (Wildman–Crippen LogP) is 0.932. The van der Waals surface area contributed by atoms with Gasteiger partial charge in [-0.2, -0.15) is 0 Å². The van der Waals surface area contributed by atoms with Crippen LogP contribution in [0.2, 0.25) is 0 Å². The van der Waals surface area contributed by atoms with Crippen LogP contribution < -0.4 is 0 Å². The largest absolute Gasteiger partial charge is 0.460 e. The van der Waals surface area contributed by atoms with Crippen LogP contribution in [-0.4, -0.2) is 40.3 Å². The van der Waals surface area contributed by atoms with E-state index < -0.39 is 0 Å². The van der Waals surface area contributed by atoms with Crippen molar-refractivity contribution in [3.63, 3.8) is 0 Å². The van der Waals surface area contributed by atoms with Crippen molar-refractivity contribution in [3.05, 3.63) is 0 Å². The van der Waals surface area contributed by atoms with Gasteiger partial charge in [-0.1, -0.05) is 15.9 Å². The number of fused-ring (bicyclic) bond motifs is 2. The number of carbonyl (C=O) groups is 2. The van der Waals surface area contributed by atoms with E-state index in [4.69, 9.17) is 4.74 Å². The molecule has 1 saturated heterocycles. The number of esters is 1. The highest BCUT2D eigenvalue weighted by Crippen LogP contribution is 2.44. The van der Waals surface area contributed by atoms with Crippen molar-refractivity contribution in [2.24, 2.45) is 5.92 Å². The molecule has 0 radical (unpaired) electrons. The molecule has 1 amide bonds. The first kappa shape index (κ1) is 10.9. The smallest absolute Gasteiger partial charge is 0.302 e. The van der Waals surface area contributed by atoms with Gasteiger partial charge in [0.15, 0.2) is 0 Å². The lowest BCUT2D eigenvalue weighted by Gasteiger charge is -2.31. The summed E-state index contributed by atoms with van der Waals surface area (Å²) in [6.07, 6.45) is 0.532. The summed E-state index contributed by atoms with van der Waals surface area (Å²) in [5, 5.41) is 0. The fourth-order valence-electron chi connectivity index (χ4n) is 2.63. The fourth-order valence-corrected chi connectivity index (χ4v) is 3.70. The molecule has 1 saturated carbocycles. The lowest BCUT2D eigenvalue weighted by atomic mass is 10.1. The van der Waals surface area contributed by atoms with Gasteiger partial charge in [0.2, 0.25) is 5.91 Å². The first-order valence-electron chi connectivity index (χ1n) is 5.18. The molecule has 2 fully saturated rings. The first-order valence-corrected chi connectivity index (χ1v) is 6.09. The van der Waals surface area contributed by atoms with Crippen LogP contribution >= 0.6 is 15.9 Å². The summed E-state index contributed by atoms with van der Waals surface area (Å²) in [7, 11) is 0. The summed E-state index contributed by atoms with van der Waals surface area (Å²) >= 11 is 3.53. The summed E-state index contributed by atoms with van der Waals surface area (Å²) in [6, 6.07) is 0.0244. The molecule has 0 aromatic rings. The second-order valence-electron chi connectivity index (χ2n) is 4.05. The minimum atomic E-state index is -0.268. The Balaban J connectivity index is 2.16. The van der Waals surface area contributed by atoms with Gasteiger partial charge in [-0.05, 0) is 13.3 Å². The van der Waals surface area contributed by atoms with Gasteiger partial charge >= 0.3 is 5.97 Å². The number of likely N-dealkylation sites (N-methyl/N-ethyl adjacent to an activating group) is 1. The van der Waals surface area contributed by atoms with Crippen molar-refractivity contribution in [3.8, 4) is 0 Å². The summed E-state index contributed by atoms with van der Waals surface area (Å²) in [4.78, 5) is 24.7. The quantitative estimate of drug-likeness (QED) is 0.557. The Hall–Kier alpha value is -0.580. The van der Waals surface area contributed by atoms with Crippen molar-refractivity contribution in [2.75, 3.05) is 6.54 Å². The van der Waals surface area contributed by atoms with Crippen molar-refractivity contribution in [1.29, 1.82) is 0 Å². The van der Waals surface area contributed by atoms with E-state index in [1.807, 2.05) is 6.92 Å². The molecule has 2 bridgehead atoms. The number of nitrogens with zero attached hydrogens (tertiary/aromatic N) is 1. The van der Waals surface area contributed by atoms with Crippen LogP contribution in [0.1, 0.15) is 20.3 Å². The number of rotatable bonds is 2. The van der Waals surface area contributed by atoms with Gasteiger partial charge in [-0.25, -0.2) is 0 Å². The first-order chi connectivity index (χ1) is 7.06. The van der Waals surface area contributed by atoms with Gasteiger partial charge in [-0.15, -0.1) is 0 Å². The Morgan fingerprint density at radius 3 is 2.80 bits per heavy atom. The van der Waals surface area contributed by atoms with Gasteiger partial charge in [0.25, 0.3) is 0 Å². The van der Waals surface area contributed by atoms with E-state index in [9.17, 15) is 9.59 Å². The molecular weight excluding hydrogens is 262 g/mol. The Morgan fingerprint density at radius 1 is 1.67 bits per heavy atom. The Morgan fingerprint density at radius 2 is 2.33 bits per heavy atom. The maximum atomic E-state index is 11.8. The van der Waals surface area contributed by atoms with E-state index >= 15 is 0 Å². The van der Waals surface area contributed by atoms with E-state index in [0.29, 0.717) is 13.0 Å². The molecule has 84 valence electrons. The van der Waals surface area contributed by atoms with Gasteiger partial charge in [0, 0.05) is 13.5 Å². The van der Waals surface area contributed by atoms with Crippen LogP contribution in [0, 0.1) is 5.92 Å². The van der Waals surface area contributed by atoms with E-state index in [0.717, 1.165) is 0 Å². The highest BCUT2D eigenvalue weighted by atomic mass is 79.9. The maximum Gasteiger partial charge on any atom is 0.302 e. The minimum absolute atomic E-state index is 0.0145. The standard InChI is InChI=1S/C10H14BrNO3/c1-3-12-9-7(15-5(2)13)4-6(8(9)11)10(12)14/h6-9H,3-4H2,1-2H3. The summed E-state index contributed by atoms with van der Waals surface area (Å²) in [5.41, 5.74) is 0. The van der Waals surface area contributed by atoms with Gasteiger partial charge in [0.05, 0.1) is 16.8 Å². The molecule has 1 aliphatic heterocycles. The average molecular weight is 276 g/mol. The van der Waals surface area contributed by atoms with Gasteiger partial charge in [-0.3, -0.25) is 9.59 Å². The highest BCUT2D eigenvalue weighted by Gasteiger charge is 2.57. The van der Waals surface area contributed by atoms with Crippen molar-refractivity contribution < 1.29 is 14.3 Å². The minimum Gasteiger partial charge on any atom is -0.460 e. The van der Waals surface area contributed by atoms with E-state index in [1.165, 1.54) is 6.92 Å². The van der Waals surface area contributed by atoms with Crippen LogP contribution in [0.3, 0.4) is 0 Å². The molecular formula is C10H14BrNO3. The number of carbonyl (C=O) groups excluding carboxylic acids is 2. The Labute approximate surface area is 97.1 Å². The second-order valence-corrected chi connectivity index (χ2v) is 5.11. The predicted molar refractivity (Wildman–Crippen MR) is 57.6 cm³/mol. The molecule has 4 atom stereocenters. The fraction of sp³-hybridized carbons (Fsp3) is 0.800. The molecule has 1 heterocycles. The zero-order chi connectivity index (χ0) is 11.2. The second kappa shape index (κ2) is 3.77. The molecule has 5 heteroatoms. The number of piperidine rings is 1. The van der Waals surface area contributed by atoms with E-state index in [2.05, 4.69) is 15.9 Å². The summed E-state index contributed by atoms with van der Waals surface area (Å²) < 4.78 is 5.23. The molecule has 4 nitrogen and oxygen atoms in total. The number of ether oxygens (including phenoxy) is 1.